The number of furan rings is 1. The summed E-state index contributed by atoms with van der Waals surface area (Å²) in [6.07, 6.45) is 1.46. The molecule has 1 aromatic heterocycles. The molecule has 0 bridgehead atoms. The molecule has 4 nitrogen and oxygen atoms in total. The molecule has 0 saturated carbocycles. The lowest BCUT2D eigenvalue weighted by Gasteiger charge is -2.13. The molecule has 0 aliphatic rings. The number of rotatable bonds is 6. The van der Waals surface area contributed by atoms with Gasteiger partial charge in [-0.3, -0.25) is 4.79 Å². The SMILES string of the molecule is CCOc1cc(Br)c(C(=O)c2coc(C)c2)cc1OCC. The fraction of sp³-hybridized carbons (Fsp3) is 0.312. The zero-order valence-corrected chi connectivity index (χ0v) is 13.8. The van der Waals surface area contributed by atoms with Crippen molar-refractivity contribution in [3.63, 3.8) is 0 Å². The number of aryl methyl sites for hydroxylation is 1. The summed E-state index contributed by atoms with van der Waals surface area (Å²) in [5.74, 6) is 1.76. The summed E-state index contributed by atoms with van der Waals surface area (Å²) in [5.41, 5.74) is 1.03. The van der Waals surface area contributed by atoms with Gasteiger partial charge in [-0.25, -0.2) is 0 Å². The molecule has 0 aliphatic heterocycles. The Kier molecular flexibility index (Phi) is 5.07. The predicted molar refractivity (Wildman–Crippen MR) is 83.4 cm³/mol. The molecule has 0 N–H and O–H groups in total. The van der Waals surface area contributed by atoms with Crippen LogP contribution in [0, 0.1) is 6.92 Å². The van der Waals surface area contributed by atoms with Crippen molar-refractivity contribution in [2.45, 2.75) is 20.8 Å². The zero-order valence-electron chi connectivity index (χ0n) is 12.2. The average molecular weight is 353 g/mol. The summed E-state index contributed by atoms with van der Waals surface area (Å²) in [6, 6.07) is 5.17. The number of halogens is 1. The van der Waals surface area contributed by atoms with Gasteiger partial charge in [-0.2, -0.15) is 0 Å². The van der Waals surface area contributed by atoms with Crippen molar-refractivity contribution < 1.29 is 18.7 Å². The van der Waals surface area contributed by atoms with Crippen molar-refractivity contribution in [3.05, 3.63) is 45.8 Å². The highest BCUT2D eigenvalue weighted by Crippen LogP contribution is 2.35. The molecule has 2 rings (SSSR count). The van der Waals surface area contributed by atoms with Crippen LogP contribution in [0.4, 0.5) is 0 Å². The third kappa shape index (κ3) is 3.47. The normalized spacial score (nSPS) is 10.5. The van der Waals surface area contributed by atoms with Gasteiger partial charge >= 0.3 is 0 Å². The Morgan fingerprint density at radius 1 is 1.14 bits per heavy atom. The van der Waals surface area contributed by atoms with Crippen molar-refractivity contribution in [3.8, 4) is 11.5 Å². The Labute approximate surface area is 132 Å². The van der Waals surface area contributed by atoms with Crippen LogP contribution in [0.5, 0.6) is 11.5 Å². The minimum Gasteiger partial charge on any atom is -0.490 e. The van der Waals surface area contributed by atoms with Gasteiger partial charge in [0.1, 0.15) is 12.0 Å². The molecule has 0 fully saturated rings. The molecule has 5 heteroatoms. The maximum Gasteiger partial charge on any atom is 0.197 e. The van der Waals surface area contributed by atoms with Crippen molar-refractivity contribution in [1.82, 2.24) is 0 Å². The molecule has 0 aliphatic carbocycles. The van der Waals surface area contributed by atoms with E-state index in [1.807, 2.05) is 13.8 Å². The summed E-state index contributed by atoms with van der Waals surface area (Å²) in [4.78, 5) is 12.5. The van der Waals surface area contributed by atoms with Crippen LogP contribution < -0.4 is 9.47 Å². The third-order valence-electron chi connectivity index (χ3n) is 2.87. The standard InChI is InChI=1S/C16H17BrO4/c1-4-19-14-7-12(13(17)8-15(14)20-5-2)16(18)11-6-10(3)21-9-11/h6-9H,4-5H2,1-3H3. The molecule has 0 amide bonds. The lowest BCUT2D eigenvalue weighted by atomic mass is 10.1. The second kappa shape index (κ2) is 6.80. The van der Waals surface area contributed by atoms with Gasteiger partial charge < -0.3 is 13.9 Å². The lowest BCUT2D eigenvalue weighted by molar-refractivity contribution is 0.103. The molecule has 0 unspecified atom stereocenters. The van der Waals surface area contributed by atoms with E-state index >= 15 is 0 Å². The summed E-state index contributed by atoms with van der Waals surface area (Å²) in [5, 5.41) is 0. The first kappa shape index (κ1) is 15.6. The van der Waals surface area contributed by atoms with E-state index in [1.165, 1.54) is 6.26 Å². The highest BCUT2D eigenvalue weighted by atomic mass is 79.9. The maximum atomic E-state index is 12.5. The number of ether oxygens (including phenoxy) is 2. The minimum absolute atomic E-state index is 0.122. The van der Waals surface area contributed by atoms with Gasteiger partial charge in [0.15, 0.2) is 17.3 Å². The van der Waals surface area contributed by atoms with E-state index in [0.29, 0.717) is 46.1 Å². The van der Waals surface area contributed by atoms with E-state index in [2.05, 4.69) is 15.9 Å². The molecule has 0 saturated heterocycles. The largest absolute Gasteiger partial charge is 0.490 e. The van der Waals surface area contributed by atoms with Crippen LogP contribution in [-0.4, -0.2) is 19.0 Å². The summed E-state index contributed by atoms with van der Waals surface area (Å²) >= 11 is 3.42. The van der Waals surface area contributed by atoms with E-state index in [-0.39, 0.29) is 5.78 Å². The van der Waals surface area contributed by atoms with Crippen LogP contribution in [0.1, 0.15) is 35.5 Å². The summed E-state index contributed by atoms with van der Waals surface area (Å²) in [6.45, 7) is 6.62. The molecule has 0 spiro atoms. The maximum absolute atomic E-state index is 12.5. The number of hydrogen-bond donors (Lipinski definition) is 0. The molecule has 0 atom stereocenters. The van der Waals surface area contributed by atoms with Gasteiger partial charge in [0.05, 0.1) is 18.8 Å². The van der Waals surface area contributed by atoms with Gasteiger partial charge in [-0.15, -0.1) is 0 Å². The van der Waals surface area contributed by atoms with Crippen LogP contribution >= 0.6 is 15.9 Å². The summed E-state index contributed by atoms with van der Waals surface area (Å²) in [7, 11) is 0. The monoisotopic (exact) mass is 352 g/mol. The first-order valence-corrected chi connectivity index (χ1v) is 7.55. The Balaban J connectivity index is 2.43. The van der Waals surface area contributed by atoms with Crippen molar-refractivity contribution in [2.75, 3.05) is 13.2 Å². The fourth-order valence-corrected chi connectivity index (χ4v) is 2.47. The van der Waals surface area contributed by atoms with Crippen LogP contribution in [0.2, 0.25) is 0 Å². The second-order valence-corrected chi connectivity index (χ2v) is 5.27. The van der Waals surface area contributed by atoms with E-state index in [1.54, 1.807) is 25.1 Å². The topological polar surface area (TPSA) is 48.7 Å². The zero-order chi connectivity index (χ0) is 15.4. The smallest absolute Gasteiger partial charge is 0.197 e. The molecule has 0 radical (unpaired) electrons. The number of carbonyl (C=O) groups excluding carboxylic acids is 1. The van der Waals surface area contributed by atoms with E-state index in [0.717, 1.165) is 0 Å². The Bertz CT molecular complexity index is 646. The predicted octanol–water partition coefficient (Wildman–Crippen LogP) is 4.38. The van der Waals surface area contributed by atoms with Crippen LogP contribution in [0.15, 0.2) is 33.4 Å². The molecule has 1 heterocycles. The van der Waals surface area contributed by atoms with Crippen molar-refractivity contribution in [2.24, 2.45) is 0 Å². The number of carbonyl (C=O) groups is 1. The van der Waals surface area contributed by atoms with Gasteiger partial charge in [0, 0.05) is 10.0 Å². The van der Waals surface area contributed by atoms with Crippen molar-refractivity contribution in [1.29, 1.82) is 0 Å². The van der Waals surface area contributed by atoms with Crippen LogP contribution in [-0.2, 0) is 0 Å². The second-order valence-electron chi connectivity index (χ2n) is 4.42. The highest BCUT2D eigenvalue weighted by Gasteiger charge is 2.18. The minimum atomic E-state index is -0.122. The molecular weight excluding hydrogens is 336 g/mol. The van der Waals surface area contributed by atoms with Crippen LogP contribution in [0.3, 0.4) is 0 Å². The molecule has 112 valence electrons. The number of ketones is 1. The van der Waals surface area contributed by atoms with Gasteiger partial charge in [0.2, 0.25) is 0 Å². The molecule has 21 heavy (non-hydrogen) atoms. The van der Waals surface area contributed by atoms with Gasteiger partial charge in [-0.05, 0) is 54.9 Å². The number of hydrogen-bond acceptors (Lipinski definition) is 4. The average Bonchev–Trinajstić information content (AvgIpc) is 2.88. The molecule has 1 aromatic carbocycles. The Hall–Kier alpha value is -1.75. The number of benzene rings is 1. The Morgan fingerprint density at radius 3 is 2.29 bits per heavy atom. The Morgan fingerprint density at radius 2 is 1.76 bits per heavy atom. The quantitative estimate of drug-likeness (QED) is 0.723. The fourth-order valence-electron chi connectivity index (χ4n) is 1.96. The molecular formula is C16H17BrO4. The van der Waals surface area contributed by atoms with Gasteiger partial charge in [-0.1, -0.05) is 0 Å². The van der Waals surface area contributed by atoms with E-state index in [9.17, 15) is 4.79 Å². The lowest BCUT2D eigenvalue weighted by Crippen LogP contribution is -2.04. The van der Waals surface area contributed by atoms with E-state index < -0.39 is 0 Å². The molecule has 2 aromatic rings. The van der Waals surface area contributed by atoms with E-state index in [4.69, 9.17) is 13.9 Å². The van der Waals surface area contributed by atoms with Gasteiger partial charge in [0.25, 0.3) is 0 Å². The first-order chi connectivity index (χ1) is 10.1. The van der Waals surface area contributed by atoms with Crippen LogP contribution in [0.25, 0.3) is 0 Å². The first-order valence-electron chi connectivity index (χ1n) is 6.75. The summed E-state index contributed by atoms with van der Waals surface area (Å²) < 4.78 is 16.9. The third-order valence-corrected chi connectivity index (χ3v) is 3.53. The highest BCUT2D eigenvalue weighted by molar-refractivity contribution is 9.10. The van der Waals surface area contributed by atoms with Crippen molar-refractivity contribution >= 4 is 21.7 Å².